The van der Waals surface area contributed by atoms with E-state index in [1.165, 1.54) is 6.92 Å². The Labute approximate surface area is 129 Å². The van der Waals surface area contributed by atoms with Gasteiger partial charge in [0.1, 0.15) is 6.61 Å². The molecule has 0 aliphatic heterocycles. The molecule has 2 rings (SSSR count). The summed E-state index contributed by atoms with van der Waals surface area (Å²) in [6.45, 7) is 1.61. The lowest BCUT2D eigenvalue weighted by Crippen LogP contribution is -2.08. The number of rotatable bonds is 5. The SMILES string of the molecule is CC(=O)Nc1cccc(C(=O)OC/C=C/c2ccccc2)c1. The van der Waals surface area contributed by atoms with Crippen LogP contribution in [-0.2, 0) is 9.53 Å². The van der Waals surface area contributed by atoms with E-state index in [1.54, 1.807) is 30.3 Å². The zero-order valence-electron chi connectivity index (χ0n) is 12.3. The lowest BCUT2D eigenvalue weighted by molar-refractivity contribution is -0.114. The first-order valence-electron chi connectivity index (χ1n) is 6.91. The van der Waals surface area contributed by atoms with E-state index in [9.17, 15) is 9.59 Å². The molecule has 0 heterocycles. The molecule has 2 aromatic carbocycles. The first kappa shape index (κ1) is 15.5. The summed E-state index contributed by atoms with van der Waals surface area (Å²) in [5, 5.41) is 2.63. The average Bonchev–Trinajstić information content (AvgIpc) is 2.52. The Morgan fingerprint density at radius 1 is 1.09 bits per heavy atom. The molecular weight excluding hydrogens is 278 g/mol. The van der Waals surface area contributed by atoms with Crippen LogP contribution in [0.2, 0.25) is 0 Å². The summed E-state index contributed by atoms with van der Waals surface area (Å²) in [4.78, 5) is 22.9. The zero-order chi connectivity index (χ0) is 15.8. The highest BCUT2D eigenvalue weighted by Crippen LogP contribution is 2.11. The minimum absolute atomic E-state index is 0.184. The fraction of sp³-hybridized carbons (Fsp3) is 0.111. The number of hydrogen-bond donors (Lipinski definition) is 1. The molecule has 0 unspecified atom stereocenters. The highest BCUT2D eigenvalue weighted by molar-refractivity contribution is 5.93. The van der Waals surface area contributed by atoms with Crippen molar-refractivity contribution in [2.24, 2.45) is 0 Å². The van der Waals surface area contributed by atoms with Crippen molar-refractivity contribution in [3.63, 3.8) is 0 Å². The van der Waals surface area contributed by atoms with Crippen LogP contribution in [0.3, 0.4) is 0 Å². The molecule has 22 heavy (non-hydrogen) atoms. The number of esters is 1. The molecule has 0 spiro atoms. The molecule has 0 aliphatic rings. The number of carbonyl (C=O) groups excluding carboxylic acids is 2. The fourth-order valence-electron chi connectivity index (χ4n) is 1.88. The van der Waals surface area contributed by atoms with Gasteiger partial charge in [-0.05, 0) is 29.8 Å². The Balaban J connectivity index is 1.89. The van der Waals surface area contributed by atoms with E-state index in [4.69, 9.17) is 4.74 Å². The lowest BCUT2D eigenvalue weighted by Gasteiger charge is -2.05. The van der Waals surface area contributed by atoms with Crippen LogP contribution in [-0.4, -0.2) is 18.5 Å². The largest absolute Gasteiger partial charge is 0.458 e. The molecule has 0 saturated carbocycles. The standard InChI is InChI=1S/C18H17NO3/c1-14(20)19-17-11-5-10-16(13-17)18(21)22-12-6-9-15-7-3-2-4-8-15/h2-11,13H,12H2,1H3,(H,19,20)/b9-6+. The van der Waals surface area contributed by atoms with Crippen LogP contribution in [0.4, 0.5) is 5.69 Å². The summed E-state index contributed by atoms with van der Waals surface area (Å²) < 4.78 is 5.17. The number of hydrogen-bond acceptors (Lipinski definition) is 3. The van der Waals surface area contributed by atoms with Crippen molar-refractivity contribution in [2.45, 2.75) is 6.92 Å². The van der Waals surface area contributed by atoms with Crippen LogP contribution < -0.4 is 5.32 Å². The predicted molar refractivity (Wildman–Crippen MR) is 86.5 cm³/mol. The summed E-state index contributed by atoms with van der Waals surface area (Å²) in [6.07, 6.45) is 3.67. The number of amides is 1. The fourth-order valence-corrected chi connectivity index (χ4v) is 1.88. The topological polar surface area (TPSA) is 55.4 Å². The van der Waals surface area contributed by atoms with Crippen molar-refractivity contribution in [1.82, 2.24) is 0 Å². The Morgan fingerprint density at radius 3 is 2.59 bits per heavy atom. The Bertz CT molecular complexity index is 678. The minimum atomic E-state index is -0.426. The van der Waals surface area contributed by atoms with Gasteiger partial charge in [-0.25, -0.2) is 4.79 Å². The van der Waals surface area contributed by atoms with Crippen molar-refractivity contribution in [2.75, 3.05) is 11.9 Å². The summed E-state index contributed by atoms with van der Waals surface area (Å²) in [6, 6.07) is 16.4. The highest BCUT2D eigenvalue weighted by atomic mass is 16.5. The lowest BCUT2D eigenvalue weighted by atomic mass is 10.2. The molecule has 0 aliphatic carbocycles. The molecule has 0 atom stereocenters. The number of ether oxygens (including phenoxy) is 1. The van der Waals surface area contributed by atoms with Crippen LogP contribution in [0.5, 0.6) is 0 Å². The van der Waals surface area contributed by atoms with Gasteiger partial charge in [0.15, 0.2) is 0 Å². The van der Waals surface area contributed by atoms with Gasteiger partial charge in [-0.1, -0.05) is 42.5 Å². The number of benzene rings is 2. The van der Waals surface area contributed by atoms with Gasteiger partial charge in [0.05, 0.1) is 5.56 Å². The van der Waals surface area contributed by atoms with Crippen LogP contribution in [0.15, 0.2) is 60.7 Å². The summed E-state index contributed by atoms with van der Waals surface area (Å²) in [5.41, 5.74) is 2.02. The van der Waals surface area contributed by atoms with Gasteiger partial charge < -0.3 is 10.1 Å². The third-order valence-corrected chi connectivity index (χ3v) is 2.84. The molecule has 0 fully saturated rings. The highest BCUT2D eigenvalue weighted by Gasteiger charge is 2.07. The third kappa shape index (κ3) is 4.90. The van der Waals surface area contributed by atoms with E-state index in [1.807, 2.05) is 36.4 Å². The van der Waals surface area contributed by atoms with E-state index >= 15 is 0 Å². The summed E-state index contributed by atoms with van der Waals surface area (Å²) >= 11 is 0. The first-order valence-corrected chi connectivity index (χ1v) is 6.91. The van der Waals surface area contributed by atoms with Gasteiger partial charge in [0.25, 0.3) is 0 Å². The molecular formula is C18H17NO3. The third-order valence-electron chi connectivity index (χ3n) is 2.84. The zero-order valence-corrected chi connectivity index (χ0v) is 12.3. The molecule has 112 valence electrons. The van der Waals surface area contributed by atoms with Gasteiger partial charge in [-0.15, -0.1) is 0 Å². The maximum absolute atomic E-state index is 11.9. The van der Waals surface area contributed by atoms with Crippen molar-refractivity contribution in [3.05, 3.63) is 71.8 Å². The molecule has 4 nitrogen and oxygen atoms in total. The maximum Gasteiger partial charge on any atom is 0.338 e. The normalized spacial score (nSPS) is 10.4. The van der Waals surface area contributed by atoms with E-state index in [0.717, 1.165) is 5.56 Å². The van der Waals surface area contributed by atoms with Crippen LogP contribution in [0.1, 0.15) is 22.8 Å². The second-order valence-corrected chi connectivity index (χ2v) is 4.67. The summed E-state index contributed by atoms with van der Waals surface area (Å²) in [5.74, 6) is -0.610. The number of carbonyl (C=O) groups is 2. The quantitative estimate of drug-likeness (QED) is 0.859. The smallest absolute Gasteiger partial charge is 0.338 e. The Kier molecular flexibility index (Phi) is 5.49. The van der Waals surface area contributed by atoms with Gasteiger partial charge >= 0.3 is 5.97 Å². The Hall–Kier alpha value is -2.88. The van der Waals surface area contributed by atoms with Crippen LogP contribution >= 0.6 is 0 Å². The second-order valence-electron chi connectivity index (χ2n) is 4.67. The summed E-state index contributed by atoms with van der Waals surface area (Å²) in [7, 11) is 0. The van der Waals surface area contributed by atoms with Crippen molar-refractivity contribution in [3.8, 4) is 0 Å². The molecule has 0 saturated heterocycles. The van der Waals surface area contributed by atoms with Crippen LogP contribution in [0, 0.1) is 0 Å². The number of nitrogens with one attached hydrogen (secondary N) is 1. The van der Waals surface area contributed by atoms with Gasteiger partial charge in [-0.2, -0.15) is 0 Å². The molecule has 1 amide bonds. The van der Waals surface area contributed by atoms with Gasteiger partial charge in [-0.3, -0.25) is 4.79 Å². The molecule has 2 aromatic rings. The van der Waals surface area contributed by atoms with E-state index in [-0.39, 0.29) is 12.5 Å². The number of anilines is 1. The van der Waals surface area contributed by atoms with Gasteiger partial charge in [0.2, 0.25) is 5.91 Å². The molecule has 0 radical (unpaired) electrons. The second kappa shape index (κ2) is 7.78. The van der Waals surface area contributed by atoms with E-state index < -0.39 is 5.97 Å². The predicted octanol–water partition coefficient (Wildman–Crippen LogP) is 3.52. The monoisotopic (exact) mass is 295 g/mol. The van der Waals surface area contributed by atoms with Crippen LogP contribution in [0.25, 0.3) is 6.08 Å². The first-order chi connectivity index (χ1) is 10.6. The molecule has 0 bridgehead atoms. The minimum Gasteiger partial charge on any atom is -0.458 e. The van der Waals surface area contributed by atoms with Crippen molar-refractivity contribution in [1.29, 1.82) is 0 Å². The Morgan fingerprint density at radius 2 is 1.86 bits per heavy atom. The molecule has 4 heteroatoms. The molecule has 1 N–H and O–H groups in total. The maximum atomic E-state index is 11.9. The average molecular weight is 295 g/mol. The van der Waals surface area contributed by atoms with Gasteiger partial charge in [0, 0.05) is 12.6 Å². The van der Waals surface area contributed by atoms with Crippen molar-refractivity contribution >= 4 is 23.6 Å². The molecule has 0 aromatic heterocycles. The van der Waals surface area contributed by atoms with E-state index in [2.05, 4.69) is 5.32 Å². The van der Waals surface area contributed by atoms with E-state index in [0.29, 0.717) is 11.3 Å². The van der Waals surface area contributed by atoms with Crippen molar-refractivity contribution < 1.29 is 14.3 Å².